The smallest absolute Gasteiger partial charge is 0.129 e. The van der Waals surface area contributed by atoms with Gasteiger partial charge in [-0.15, -0.1) is 0 Å². The summed E-state index contributed by atoms with van der Waals surface area (Å²) >= 11 is 11.9. The van der Waals surface area contributed by atoms with Gasteiger partial charge in [0.25, 0.3) is 0 Å². The quantitative estimate of drug-likeness (QED) is 0.879. The van der Waals surface area contributed by atoms with E-state index in [-0.39, 0.29) is 0 Å². The molecule has 4 N–H and O–H groups in total. The molecule has 1 heterocycles. The lowest BCUT2D eigenvalue weighted by atomic mass is 10.1. The SMILES string of the molecule is Nc1ccc(Cc2ccc(Cl)cc2Cl)c(N)n1. The van der Waals surface area contributed by atoms with E-state index >= 15 is 0 Å². The molecule has 0 radical (unpaired) electrons. The van der Waals surface area contributed by atoms with Crippen LogP contribution in [0.15, 0.2) is 30.3 Å². The number of pyridine rings is 1. The Morgan fingerprint density at radius 3 is 2.35 bits per heavy atom. The molecule has 1 aromatic carbocycles. The van der Waals surface area contributed by atoms with E-state index in [1.807, 2.05) is 12.1 Å². The maximum Gasteiger partial charge on any atom is 0.129 e. The molecule has 5 heteroatoms. The van der Waals surface area contributed by atoms with Crippen LogP contribution in [-0.4, -0.2) is 4.98 Å². The summed E-state index contributed by atoms with van der Waals surface area (Å²) in [4.78, 5) is 4.00. The van der Waals surface area contributed by atoms with E-state index in [4.69, 9.17) is 34.7 Å². The van der Waals surface area contributed by atoms with Crippen LogP contribution in [-0.2, 0) is 6.42 Å². The van der Waals surface area contributed by atoms with Crippen molar-refractivity contribution in [2.24, 2.45) is 0 Å². The Kier molecular flexibility index (Phi) is 3.41. The first-order valence-electron chi connectivity index (χ1n) is 5.01. The fourth-order valence-electron chi connectivity index (χ4n) is 1.54. The number of benzene rings is 1. The second kappa shape index (κ2) is 4.82. The Bertz CT molecular complexity index is 506. The van der Waals surface area contributed by atoms with Crippen molar-refractivity contribution in [2.45, 2.75) is 6.42 Å². The number of rotatable bonds is 2. The highest BCUT2D eigenvalue weighted by atomic mass is 35.5. The van der Waals surface area contributed by atoms with Crippen molar-refractivity contribution in [3.8, 4) is 0 Å². The van der Waals surface area contributed by atoms with Crippen LogP contribution >= 0.6 is 23.2 Å². The number of hydrogen-bond donors (Lipinski definition) is 2. The number of anilines is 2. The van der Waals surface area contributed by atoms with Gasteiger partial charge in [0.1, 0.15) is 11.6 Å². The summed E-state index contributed by atoms with van der Waals surface area (Å²) in [7, 11) is 0. The molecule has 88 valence electrons. The average Bonchev–Trinajstić information content (AvgIpc) is 2.25. The summed E-state index contributed by atoms with van der Waals surface area (Å²) < 4.78 is 0. The Hall–Kier alpha value is -1.45. The minimum absolute atomic E-state index is 0.411. The van der Waals surface area contributed by atoms with Gasteiger partial charge in [0.15, 0.2) is 0 Å². The third-order valence-electron chi connectivity index (χ3n) is 2.43. The van der Waals surface area contributed by atoms with Crippen LogP contribution in [0.25, 0.3) is 0 Å². The highest BCUT2D eigenvalue weighted by molar-refractivity contribution is 6.35. The second-order valence-corrected chi connectivity index (χ2v) is 4.54. The number of halogens is 2. The van der Waals surface area contributed by atoms with E-state index in [1.165, 1.54) is 0 Å². The molecule has 0 saturated carbocycles. The van der Waals surface area contributed by atoms with E-state index < -0.39 is 0 Å². The molecule has 2 aromatic rings. The summed E-state index contributed by atoms with van der Waals surface area (Å²) in [6, 6.07) is 8.95. The van der Waals surface area contributed by atoms with Gasteiger partial charge in [0.05, 0.1) is 0 Å². The summed E-state index contributed by atoms with van der Waals surface area (Å²) in [6.45, 7) is 0. The van der Waals surface area contributed by atoms with Gasteiger partial charge in [-0.25, -0.2) is 4.98 Å². The van der Waals surface area contributed by atoms with Crippen molar-refractivity contribution in [2.75, 3.05) is 11.5 Å². The Labute approximate surface area is 109 Å². The first kappa shape index (κ1) is 12.0. The molecule has 0 aliphatic heterocycles. The van der Waals surface area contributed by atoms with E-state index in [1.54, 1.807) is 18.2 Å². The van der Waals surface area contributed by atoms with Crippen LogP contribution in [0.5, 0.6) is 0 Å². The number of nitrogen functional groups attached to an aromatic ring is 2. The largest absolute Gasteiger partial charge is 0.384 e. The molecule has 1 aromatic heterocycles. The molecule has 0 aliphatic rings. The lowest BCUT2D eigenvalue weighted by Gasteiger charge is -2.07. The second-order valence-electron chi connectivity index (χ2n) is 3.69. The van der Waals surface area contributed by atoms with Crippen molar-refractivity contribution < 1.29 is 0 Å². The zero-order valence-electron chi connectivity index (χ0n) is 8.95. The predicted molar refractivity (Wildman–Crippen MR) is 72.3 cm³/mol. The molecule has 0 saturated heterocycles. The van der Waals surface area contributed by atoms with Crippen LogP contribution in [0, 0.1) is 0 Å². The van der Waals surface area contributed by atoms with Crippen molar-refractivity contribution in [3.05, 3.63) is 51.5 Å². The summed E-state index contributed by atoms with van der Waals surface area (Å²) in [5, 5.41) is 1.23. The van der Waals surface area contributed by atoms with E-state index in [0.29, 0.717) is 28.1 Å². The molecule has 0 fully saturated rings. The van der Waals surface area contributed by atoms with Gasteiger partial charge in [0.2, 0.25) is 0 Å². The third kappa shape index (κ3) is 2.81. The molecule has 0 amide bonds. The molecule has 0 bridgehead atoms. The van der Waals surface area contributed by atoms with Gasteiger partial charge in [-0.3, -0.25) is 0 Å². The molecule has 0 unspecified atom stereocenters. The number of aromatic nitrogens is 1. The van der Waals surface area contributed by atoms with E-state index in [2.05, 4.69) is 4.98 Å². The molecule has 0 aliphatic carbocycles. The normalized spacial score (nSPS) is 10.5. The molecular formula is C12H11Cl2N3. The van der Waals surface area contributed by atoms with Crippen LogP contribution < -0.4 is 11.5 Å². The number of nitrogens with zero attached hydrogens (tertiary/aromatic N) is 1. The lowest BCUT2D eigenvalue weighted by molar-refractivity contribution is 1.16. The maximum absolute atomic E-state index is 6.09. The van der Waals surface area contributed by atoms with Crippen LogP contribution in [0.3, 0.4) is 0 Å². The van der Waals surface area contributed by atoms with Crippen LogP contribution in [0.1, 0.15) is 11.1 Å². The maximum atomic E-state index is 6.09. The monoisotopic (exact) mass is 267 g/mol. The van der Waals surface area contributed by atoms with Gasteiger partial charge in [0, 0.05) is 16.5 Å². The van der Waals surface area contributed by atoms with Crippen molar-refractivity contribution in [3.63, 3.8) is 0 Å². The molecule has 17 heavy (non-hydrogen) atoms. The zero-order valence-corrected chi connectivity index (χ0v) is 10.5. The third-order valence-corrected chi connectivity index (χ3v) is 3.02. The van der Waals surface area contributed by atoms with Gasteiger partial charge >= 0.3 is 0 Å². The minimum atomic E-state index is 0.411. The van der Waals surface area contributed by atoms with E-state index in [9.17, 15) is 0 Å². The molecular weight excluding hydrogens is 257 g/mol. The average molecular weight is 268 g/mol. The first-order chi connectivity index (χ1) is 8.06. The first-order valence-corrected chi connectivity index (χ1v) is 5.76. The highest BCUT2D eigenvalue weighted by Crippen LogP contribution is 2.25. The van der Waals surface area contributed by atoms with Crippen molar-refractivity contribution in [1.82, 2.24) is 4.98 Å². The predicted octanol–water partition coefficient (Wildman–Crippen LogP) is 3.14. The number of nitrogens with two attached hydrogens (primary N) is 2. The standard InChI is InChI=1S/C12H11Cl2N3/c13-9-3-1-7(10(14)6-9)5-8-2-4-11(15)17-12(8)16/h1-4,6H,5H2,(H4,15,16,17). The van der Waals surface area contributed by atoms with Gasteiger partial charge in [-0.1, -0.05) is 35.3 Å². The topological polar surface area (TPSA) is 64.9 Å². The van der Waals surface area contributed by atoms with Gasteiger partial charge < -0.3 is 11.5 Å². The van der Waals surface area contributed by atoms with E-state index in [0.717, 1.165) is 11.1 Å². The summed E-state index contributed by atoms with van der Waals surface area (Å²) in [5.74, 6) is 0.837. The lowest BCUT2D eigenvalue weighted by Crippen LogP contribution is -2.01. The number of hydrogen-bond acceptors (Lipinski definition) is 3. The summed E-state index contributed by atoms with van der Waals surface area (Å²) in [5.41, 5.74) is 13.2. The van der Waals surface area contributed by atoms with Gasteiger partial charge in [-0.05, 0) is 29.3 Å². The van der Waals surface area contributed by atoms with Crippen molar-refractivity contribution in [1.29, 1.82) is 0 Å². The minimum Gasteiger partial charge on any atom is -0.384 e. The van der Waals surface area contributed by atoms with Crippen LogP contribution in [0.4, 0.5) is 11.6 Å². The van der Waals surface area contributed by atoms with Gasteiger partial charge in [-0.2, -0.15) is 0 Å². The Morgan fingerprint density at radius 2 is 1.71 bits per heavy atom. The molecule has 0 spiro atoms. The Balaban J connectivity index is 2.31. The Morgan fingerprint density at radius 1 is 1.00 bits per heavy atom. The highest BCUT2D eigenvalue weighted by Gasteiger charge is 2.06. The van der Waals surface area contributed by atoms with Crippen LogP contribution in [0.2, 0.25) is 10.0 Å². The molecule has 2 rings (SSSR count). The summed E-state index contributed by atoms with van der Waals surface area (Å²) in [6.07, 6.45) is 0.606. The molecule has 0 atom stereocenters. The van der Waals surface area contributed by atoms with Crippen molar-refractivity contribution >= 4 is 34.8 Å². The molecule has 3 nitrogen and oxygen atoms in total. The fourth-order valence-corrected chi connectivity index (χ4v) is 2.01. The zero-order chi connectivity index (χ0) is 12.4. The fraction of sp³-hybridized carbons (Fsp3) is 0.0833.